The molecule has 48 heavy (non-hydrogen) atoms. The van der Waals surface area contributed by atoms with E-state index >= 15 is 0 Å². The molecule has 0 fully saturated rings. The monoisotopic (exact) mass is 615 g/mol. The molecule has 7 aromatic carbocycles. The van der Waals surface area contributed by atoms with Crippen molar-refractivity contribution < 1.29 is 4.42 Å². The average Bonchev–Trinajstić information content (AvgIpc) is 3.63. The lowest BCUT2D eigenvalue weighted by molar-refractivity contribution is 0.661. The average molecular weight is 616 g/mol. The molecule has 2 aromatic heterocycles. The van der Waals surface area contributed by atoms with Gasteiger partial charge in [-0.1, -0.05) is 135 Å². The maximum atomic E-state index is 6.22. The van der Waals surface area contributed by atoms with Crippen LogP contribution in [0.25, 0.3) is 88.8 Å². The van der Waals surface area contributed by atoms with Gasteiger partial charge in [0.1, 0.15) is 11.2 Å². The van der Waals surface area contributed by atoms with Gasteiger partial charge in [0, 0.05) is 32.9 Å². The van der Waals surface area contributed by atoms with E-state index in [2.05, 4.69) is 92.7 Å². The van der Waals surface area contributed by atoms with E-state index in [1.54, 1.807) is 0 Å². The van der Waals surface area contributed by atoms with Crippen molar-refractivity contribution in [3.05, 3.63) is 151 Å². The Morgan fingerprint density at radius 1 is 0.458 bits per heavy atom. The van der Waals surface area contributed by atoms with Gasteiger partial charge in [0.2, 0.25) is 0 Å². The molecule has 0 unspecified atom stereocenters. The largest absolute Gasteiger partial charge is 0.456 e. The lowest BCUT2D eigenvalue weighted by Crippen LogP contribution is -2.14. The molecule has 1 aliphatic rings. The van der Waals surface area contributed by atoms with Crippen molar-refractivity contribution in [2.75, 3.05) is 0 Å². The summed E-state index contributed by atoms with van der Waals surface area (Å²) in [6, 6.07) is 48.9. The zero-order chi connectivity index (χ0) is 32.0. The van der Waals surface area contributed by atoms with Crippen molar-refractivity contribution in [3.63, 3.8) is 0 Å². The molecule has 0 N–H and O–H groups in total. The van der Waals surface area contributed by atoms with Crippen LogP contribution < -0.4 is 0 Å². The minimum absolute atomic E-state index is 0.0550. The molecule has 10 rings (SSSR count). The molecule has 226 valence electrons. The van der Waals surface area contributed by atoms with Gasteiger partial charge in [0.15, 0.2) is 17.5 Å². The van der Waals surface area contributed by atoms with Crippen LogP contribution in [0.3, 0.4) is 0 Å². The predicted molar refractivity (Wildman–Crippen MR) is 196 cm³/mol. The topological polar surface area (TPSA) is 51.8 Å². The summed E-state index contributed by atoms with van der Waals surface area (Å²) in [5.74, 6) is 1.89. The number of para-hydroxylation sites is 1. The van der Waals surface area contributed by atoms with Crippen molar-refractivity contribution in [1.82, 2.24) is 15.0 Å². The van der Waals surface area contributed by atoms with E-state index in [0.717, 1.165) is 44.0 Å². The smallest absolute Gasteiger partial charge is 0.164 e. The Kier molecular flexibility index (Phi) is 5.59. The Hall–Kier alpha value is -6.13. The van der Waals surface area contributed by atoms with Crippen LogP contribution in [-0.4, -0.2) is 15.0 Å². The van der Waals surface area contributed by atoms with E-state index in [-0.39, 0.29) is 5.41 Å². The third-order valence-corrected chi connectivity index (χ3v) is 10.1. The maximum absolute atomic E-state index is 6.22. The minimum Gasteiger partial charge on any atom is -0.456 e. The van der Waals surface area contributed by atoms with Gasteiger partial charge in [0.05, 0.1) is 0 Å². The molecule has 4 nitrogen and oxygen atoms in total. The quantitative estimate of drug-likeness (QED) is 0.186. The molecule has 0 saturated heterocycles. The number of hydrogen-bond donors (Lipinski definition) is 0. The van der Waals surface area contributed by atoms with Gasteiger partial charge in [-0.3, -0.25) is 0 Å². The molecule has 9 aromatic rings. The van der Waals surface area contributed by atoms with Crippen LogP contribution in [0.4, 0.5) is 0 Å². The van der Waals surface area contributed by atoms with Crippen molar-refractivity contribution in [2.45, 2.75) is 19.3 Å². The molecule has 1 aliphatic carbocycles. The first-order valence-corrected chi connectivity index (χ1v) is 16.4. The third-order valence-electron chi connectivity index (χ3n) is 10.1. The fourth-order valence-electron chi connectivity index (χ4n) is 7.79. The van der Waals surface area contributed by atoms with Crippen molar-refractivity contribution in [3.8, 4) is 45.3 Å². The lowest BCUT2D eigenvalue weighted by Gasteiger charge is -2.21. The Morgan fingerprint density at radius 3 is 2.04 bits per heavy atom. The summed E-state index contributed by atoms with van der Waals surface area (Å²) in [6.45, 7) is 4.67. The van der Waals surface area contributed by atoms with Crippen LogP contribution in [0.1, 0.15) is 25.0 Å². The summed E-state index contributed by atoms with van der Waals surface area (Å²) >= 11 is 0. The summed E-state index contributed by atoms with van der Waals surface area (Å²) in [7, 11) is 0. The van der Waals surface area contributed by atoms with E-state index in [9.17, 15) is 0 Å². The Morgan fingerprint density at radius 2 is 1.15 bits per heavy atom. The third kappa shape index (κ3) is 3.86. The maximum Gasteiger partial charge on any atom is 0.164 e. The Labute approximate surface area is 277 Å². The molecule has 0 saturated carbocycles. The van der Waals surface area contributed by atoms with Gasteiger partial charge in [-0.15, -0.1) is 0 Å². The Bertz CT molecular complexity index is 2760. The van der Waals surface area contributed by atoms with Gasteiger partial charge in [-0.2, -0.15) is 0 Å². The molecule has 0 spiro atoms. The highest BCUT2D eigenvalue weighted by atomic mass is 16.3. The summed E-state index contributed by atoms with van der Waals surface area (Å²) in [5, 5.41) is 6.98. The summed E-state index contributed by atoms with van der Waals surface area (Å²) in [4.78, 5) is 15.3. The van der Waals surface area contributed by atoms with Crippen molar-refractivity contribution >= 4 is 43.5 Å². The van der Waals surface area contributed by atoms with Crippen LogP contribution >= 0.6 is 0 Å². The zero-order valence-corrected chi connectivity index (χ0v) is 26.5. The minimum atomic E-state index is -0.0550. The first kappa shape index (κ1) is 27.0. The molecule has 0 radical (unpaired) electrons. The number of fused-ring (bicyclic) bond motifs is 10. The highest BCUT2D eigenvalue weighted by Gasteiger charge is 2.36. The fourth-order valence-corrected chi connectivity index (χ4v) is 7.79. The normalized spacial score (nSPS) is 13.4. The molecule has 0 amide bonds. The van der Waals surface area contributed by atoms with Crippen LogP contribution in [0, 0.1) is 0 Å². The second-order valence-corrected chi connectivity index (χ2v) is 13.2. The first-order chi connectivity index (χ1) is 23.5. The number of hydrogen-bond acceptors (Lipinski definition) is 4. The molecule has 4 heteroatoms. The van der Waals surface area contributed by atoms with Crippen LogP contribution in [0.2, 0.25) is 0 Å². The molecule has 2 heterocycles. The van der Waals surface area contributed by atoms with E-state index in [1.165, 1.54) is 38.4 Å². The van der Waals surface area contributed by atoms with E-state index < -0.39 is 0 Å². The second kappa shape index (κ2) is 9.93. The highest BCUT2D eigenvalue weighted by Crippen LogP contribution is 2.52. The van der Waals surface area contributed by atoms with Gasteiger partial charge in [0.25, 0.3) is 0 Å². The van der Waals surface area contributed by atoms with E-state index in [4.69, 9.17) is 19.4 Å². The van der Waals surface area contributed by atoms with Gasteiger partial charge < -0.3 is 4.42 Å². The molecule has 0 aliphatic heterocycles. The standard InChI is InChI=1S/C44H29N3O/c1-44(2)34-16-8-6-13-31(34)40-35(44)24-22-26-19-20-28-25-29(21-23-30(28)38(26)40)42-45-41(27-11-4-3-5-12-27)46-43(47-42)33-15-10-18-37-39(33)32-14-7-9-17-36(32)48-37/h3-25H,1-2H3. The van der Waals surface area contributed by atoms with Crippen LogP contribution in [-0.2, 0) is 5.41 Å². The second-order valence-electron chi connectivity index (χ2n) is 13.2. The SMILES string of the molecule is CC1(C)c2ccccc2-c2c1ccc1ccc3cc(-c4nc(-c5ccccc5)nc(-c5cccc6oc7ccccc7c56)n4)ccc3c21. The Balaban J connectivity index is 1.21. The van der Waals surface area contributed by atoms with Crippen LogP contribution in [0.15, 0.2) is 144 Å². The van der Waals surface area contributed by atoms with Gasteiger partial charge >= 0.3 is 0 Å². The summed E-state index contributed by atoms with van der Waals surface area (Å²) in [6.07, 6.45) is 0. The lowest BCUT2D eigenvalue weighted by atomic mass is 9.82. The molecule has 0 bridgehead atoms. The number of nitrogens with zero attached hydrogens (tertiary/aromatic N) is 3. The van der Waals surface area contributed by atoms with Gasteiger partial charge in [-0.25, -0.2) is 15.0 Å². The molecule has 0 atom stereocenters. The number of rotatable bonds is 3. The number of aromatic nitrogens is 3. The number of furan rings is 1. The van der Waals surface area contributed by atoms with Gasteiger partial charge in [-0.05, 0) is 62.0 Å². The van der Waals surface area contributed by atoms with Crippen molar-refractivity contribution in [1.29, 1.82) is 0 Å². The molecular formula is C44H29N3O. The highest BCUT2D eigenvalue weighted by molar-refractivity contribution is 6.17. The summed E-state index contributed by atoms with van der Waals surface area (Å²) < 4.78 is 6.22. The predicted octanol–water partition coefficient (Wildman–Crippen LogP) is 11.4. The summed E-state index contributed by atoms with van der Waals surface area (Å²) in [5.41, 5.74) is 9.84. The fraction of sp³-hybridized carbons (Fsp3) is 0.0682. The van der Waals surface area contributed by atoms with Crippen molar-refractivity contribution in [2.24, 2.45) is 0 Å². The first-order valence-electron chi connectivity index (χ1n) is 16.4. The van der Waals surface area contributed by atoms with Crippen LogP contribution in [0.5, 0.6) is 0 Å². The van der Waals surface area contributed by atoms with E-state index in [0.29, 0.717) is 17.5 Å². The van der Waals surface area contributed by atoms with E-state index in [1.807, 2.05) is 60.7 Å². The zero-order valence-electron chi connectivity index (χ0n) is 26.5. The molecular weight excluding hydrogens is 587 g/mol. The number of benzene rings is 7.